The van der Waals surface area contributed by atoms with Crippen molar-refractivity contribution in [2.75, 3.05) is 14.2 Å². The molecule has 4 nitrogen and oxygen atoms in total. The number of alkyl halides is 1. The molecule has 1 aromatic rings. The van der Waals surface area contributed by atoms with E-state index in [4.69, 9.17) is 14.2 Å². The number of carbonyl (C=O) groups excluding carboxylic acids is 1. The van der Waals surface area contributed by atoms with Gasteiger partial charge >= 0.3 is 5.97 Å². The molecule has 0 heterocycles. The monoisotopic (exact) mass is 330 g/mol. The fraction of sp³-hybridized carbons (Fsp3) is 0.500. The Kier molecular flexibility index (Phi) is 6.70. The minimum absolute atomic E-state index is 0.318. The topological polar surface area (TPSA) is 44.8 Å². The van der Waals surface area contributed by atoms with Gasteiger partial charge in [-0.25, -0.2) is 0 Å². The quantitative estimate of drug-likeness (QED) is 0.435. The zero-order valence-electron chi connectivity index (χ0n) is 11.4. The van der Waals surface area contributed by atoms with Crippen molar-refractivity contribution in [3.8, 4) is 17.2 Å². The number of benzene rings is 1. The Bertz CT molecular complexity index is 398. The van der Waals surface area contributed by atoms with E-state index in [0.717, 1.165) is 19.3 Å². The van der Waals surface area contributed by atoms with Crippen LogP contribution in [0.1, 0.15) is 26.2 Å². The van der Waals surface area contributed by atoms with Gasteiger partial charge in [0.15, 0.2) is 11.5 Å². The van der Waals surface area contributed by atoms with Gasteiger partial charge in [0, 0.05) is 0 Å². The van der Waals surface area contributed by atoms with E-state index < -0.39 is 0 Å². The van der Waals surface area contributed by atoms with Crippen LogP contribution in [0.25, 0.3) is 0 Å². The maximum atomic E-state index is 12.0. The van der Waals surface area contributed by atoms with E-state index in [9.17, 15) is 4.79 Å². The predicted octanol–water partition coefficient (Wildman–Crippen LogP) is 3.56. The number of esters is 1. The van der Waals surface area contributed by atoms with Crippen LogP contribution in [0.3, 0.4) is 0 Å². The summed E-state index contributed by atoms with van der Waals surface area (Å²) < 4.78 is 15.7. The van der Waals surface area contributed by atoms with E-state index in [1.807, 2.05) is 0 Å². The second-order valence-corrected chi connectivity index (χ2v) is 5.13. The highest BCUT2D eigenvalue weighted by Crippen LogP contribution is 2.37. The summed E-state index contributed by atoms with van der Waals surface area (Å²) in [5.74, 6) is 0.931. The second kappa shape index (κ2) is 8.04. The second-order valence-electron chi connectivity index (χ2n) is 4.02. The van der Waals surface area contributed by atoms with Crippen LogP contribution in [0.15, 0.2) is 18.2 Å². The molecule has 0 spiro atoms. The van der Waals surface area contributed by atoms with Gasteiger partial charge in [0.25, 0.3) is 0 Å². The third-order valence-electron chi connectivity index (χ3n) is 2.65. The molecule has 0 aliphatic rings. The van der Waals surface area contributed by atoms with Crippen molar-refractivity contribution < 1.29 is 19.0 Å². The lowest BCUT2D eigenvalue weighted by Crippen LogP contribution is -2.20. The van der Waals surface area contributed by atoms with Crippen molar-refractivity contribution in [2.45, 2.75) is 31.0 Å². The van der Waals surface area contributed by atoms with E-state index >= 15 is 0 Å². The predicted molar refractivity (Wildman–Crippen MR) is 77.4 cm³/mol. The number of ether oxygens (including phenoxy) is 3. The van der Waals surface area contributed by atoms with Crippen LogP contribution in [-0.2, 0) is 4.79 Å². The van der Waals surface area contributed by atoms with Crippen molar-refractivity contribution in [3.05, 3.63) is 18.2 Å². The van der Waals surface area contributed by atoms with E-state index in [1.54, 1.807) is 18.2 Å². The van der Waals surface area contributed by atoms with Gasteiger partial charge in [-0.15, -0.1) is 0 Å². The maximum Gasteiger partial charge on any atom is 0.325 e. The summed E-state index contributed by atoms with van der Waals surface area (Å²) in [5.41, 5.74) is 0. The molecule has 1 atom stereocenters. The minimum Gasteiger partial charge on any atom is -0.493 e. The first-order valence-corrected chi connectivity index (χ1v) is 7.12. The van der Waals surface area contributed by atoms with Crippen molar-refractivity contribution >= 4 is 21.9 Å². The normalized spacial score (nSPS) is 11.8. The molecule has 0 aromatic heterocycles. The Hall–Kier alpha value is -1.23. The van der Waals surface area contributed by atoms with Gasteiger partial charge in [0.05, 0.1) is 14.2 Å². The molecule has 1 aromatic carbocycles. The first-order valence-electron chi connectivity index (χ1n) is 6.20. The van der Waals surface area contributed by atoms with Crippen molar-refractivity contribution in [2.24, 2.45) is 0 Å². The number of para-hydroxylation sites is 1. The van der Waals surface area contributed by atoms with E-state index in [0.29, 0.717) is 17.2 Å². The number of halogens is 1. The zero-order chi connectivity index (χ0) is 14.3. The molecule has 5 heteroatoms. The Morgan fingerprint density at radius 1 is 1.26 bits per heavy atom. The van der Waals surface area contributed by atoms with Crippen molar-refractivity contribution in [3.63, 3.8) is 0 Å². The van der Waals surface area contributed by atoms with Crippen LogP contribution < -0.4 is 14.2 Å². The van der Waals surface area contributed by atoms with Crippen molar-refractivity contribution in [1.82, 2.24) is 0 Å². The van der Waals surface area contributed by atoms with Crippen LogP contribution in [-0.4, -0.2) is 25.0 Å². The number of hydrogen-bond donors (Lipinski definition) is 0. The summed E-state index contributed by atoms with van der Waals surface area (Å²) in [7, 11) is 3.05. The Morgan fingerprint density at radius 2 is 1.84 bits per heavy atom. The molecule has 0 aliphatic carbocycles. The first-order chi connectivity index (χ1) is 9.13. The molecule has 0 saturated heterocycles. The summed E-state index contributed by atoms with van der Waals surface area (Å²) >= 11 is 3.34. The summed E-state index contributed by atoms with van der Waals surface area (Å²) in [6, 6.07) is 5.22. The van der Waals surface area contributed by atoms with Gasteiger partial charge in [0.2, 0.25) is 5.75 Å². The maximum absolute atomic E-state index is 12.0. The summed E-state index contributed by atoms with van der Waals surface area (Å²) in [4.78, 5) is 11.7. The molecule has 0 fully saturated rings. The molecule has 0 bridgehead atoms. The van der Waals surface area contributed by atoms with Gasteiger partial charge < -0.3 is 14.2 Å². The largest absolute Gasteiger partial charge is 0.493 e. The average molecular weight is 331 g/mol. The summed E-state index contributed by atoms with van der Waals surface area (Å²) in [5, 5.41) is 0. The van der Waals surface area contributed by atoms with Gasteiger partial charge in [-0.1, -0.05) is 41.8 Å². The van der Waals surface area contributed by atoms with Crippen LogP contribution >= 0.6 is 15.9 Å². The zero-order valence-corrected chi connectivity index (χ0v) is 13.0. The lowest BCUT2D eigenvalue weighted by atomic mass is 10.2. The van der Waals surface area contributed by atoms with E-state index in [-0.39, 0.29) is 10.8 Å². The molecule has 0 saturated carbocycles. The standard InChI is InChI=1S/C14H19BrO4/c1-4-5-7-10(15)14(16)19-13-11(17-2)8-6-9-12(13)18-3/h6,8-10H,4-5,7H2,1-3H3/t10-/m1/s1. The highest BCUT2D eigenvalue weighted by molar-refractivity contribution is 9.10. The third-order valence-corrected chi connectivity index (χ3v) is 3.48. The smallest absolute Gasteiger partial charge is 0.325 e. The highest BCUT2D eigenvalue weighted by Gasteiger charge is 2.21. The van der Waals surface area contributed by atoms with Crippen LogP contribution in [0, 0.1) is 0 Å². The number of unbranched alkanes of at least 4 members (excludes halogenated alkanes) is 1. The molecule has 0 N–H and O–H groups in total. The SMILES string of the molecule is CCCC[C@@H](Br)C(=O)Oc1c(OC)cccc1OC. The lowest BCUT2D eigenvalue weighted by Gasteiger charge is -2.14. The Morgan fingerprint density at radius 3 is 2.32 bits per heavy atom. The number of methoxy groups -OCH3 is 2. The molecule has 0 unspecified atom stereocenters. The van der Waals surface area contributed by atoms with Crippen LogP contribution in [0.5, 0.6) is 17.2 Å². The van der Waals surface area contributed by atoms with Crippen LogP contribution in [0.2, 0.25) is 0 Å². The Balaban J connectivity index is 2.83. The number of rotatable bonds is 7. The van der Waals surface area contributed by atoms with Gasteiger partial charge in [-0.3, -0.25) is 4.79 Å². The molecule has 0 radical (unpaired) electrons. The first kappa shape index (κ1) is 15.8. The summed E-state index contributed by atoms with van der Waals surface area (Å²) in [6.07, 6.45) is 2.74. The van der Waals surface area contributed by atoms with Crippen LogP contribution in [0.4, 0.5) is 0 Å². The third kappa shape index (κ3) is 4.42. The molecule has 0 aliphatic heterocycles. The molecular weight excluding hydrogens is 312 g/mol. The average Bonchev–Trinajstić information content (AvgIpc) is 2.44. The van der Waals surface area contributed by atoms with Gasteiger partial charge in [0.1, 0.15) is 4.83 Å². The molecule has 19 heavy (non-hydrogen) atoms. The summed E-state index contributed by atoms with van der Waals surface area (Å²) in [6.45, 7) is 2.08. The molecule has 1 rings (SSSR count). The minimum atomic E-state index is -0.337. The van der Waals surface area contributed by atoms with E-state index in [1.165, 1.54) is 14.2 Å². The fourth-order valence-corrected chi connectivity index (χ4v) is 2.00. The fourth-order valence-electron chi connectivity index (χ4n) is 1.58. The molecule has 106 valence electrons. The Labute approximate surface area is 122 Å². The molecule has 0 amide bonds. The van der Waals surface area contributed by atoms with Crippen molar-refractivity contribution in [1.29, 1.82) is 0 Å². The van der Waals surface area contributed by atoms with E-state index in [2.05, 4.69) is 22.9 Å². The van der Waals surface area contributed by atoms with Gasteiger partial charge in [-0.05, 0) is 18.6 Å². The highest BCUT2D eigenvalue weighted by atomic mass is 79.9. The number of carbonyl (C=O) groups is 1. The molecular formula is C14H19BrO4. The lowest BCUT2D eigenvalue weighted by molar-refractivity contribution is -0.133. The van der Waals surface area contributed by atoms with Gasteiger partial charge in [-0.2, -0.15) is 0 Å². The number of hydrogen-bond acceptors (Lipinski definition) is 4.